The van der Waals surface area contributed by atoms with E-state index in [0.717, 1.165) is 114 Å². The average molecular weight is 1510 g/mol. The Morgan fingerprint density at radius 3 is 0.689 bits per heavy atom. The van der Waals surface area contributed by atoms with Gasteiger partial charge in [0.25, 0.3) is 0 Å². The van der Waals surface area contributed by atoms with Gasteiger partial charge in [0.15, 0.2) is 12.2 Å². The monoisotopic (exact) mass is 1510 g/mol. The second-order valence-electron chi connectivity index (χ2n) is 31.9. The van der Waals surface area contributed by atoms with Crippen molar-refractivity contribution in [2.24, 2.45) is 23.7 Å². The zero-order chi connectivity index (χ0) is 76.0. The number of carbonyl (C=O) groups excluding carboxylic acids is 4. The second-order valence-corrected chi connectivity index (χ2v) is 34.8. The third kappa shape index (κ3) is 76.6. The van der Waals surface area contributed by atoms with Gasteiger partial charge in [0.2, 0.25) is 0 Å². The highest BCUT2D eigenvalue weighted by molar-refractivity contribution is 7.47. The number of ether oxygens (including phenoxy) is 4. The molecule has 4 unspecified atom stereocenters. The molecule has 3 N–H and O–H groups in total. The lowest BCUT2D eigenvalue weighted by molar-refractivity contribution is -0.161. The van der Waals surface area contributed by atoms with Gasteiger partial charge < -0.3 is 33.8 Å². The number of phosphoric ester groups is 2. The van der Waals surface area contributed by atoms with Crippen LogP contribution in [0.1, 0.15) is 434 Å². The predicted molar refractivity (Wildman–Crippen MR) is 423 cm³/mol. The van der Waals surface area contributed by atoms with Gasteiger partial charge in [0.05, 0.1) is 26.4 Å². The standard InChI is InChI=1S/C84H164O17P2/c1-9-77(8)63-55-47-39-31-27-28-32-40-48-56-64-81(86)94-70-79(100-83(88)66-58-50-41-33-25-21-17-13-11-10-12-15-19-23-29-36-44-52-60-74(2)3)72-98-102(90,91)96-68-78(85)69-97-103(92,93)99-73-80(71-95-82(87)65-57-49-43-35-38-46-54-62-76(6)7)101-84(89)67-59-51-42-34-26-22-18-14-16-20-24-30-37-45-53-61-75(4)5/h74-80,85H,9-73H2,1-8H3,(H,90,91)(H,92,93)/t77?,78?,79-,80-/m1/s1. The molecule has 17 nitrogen and oxygen atoms in total. The summed E-state index contributed by atoms with van der Waals surface area (Å²) in [6.45, 7) is 14.3. The quantitative estimate of drug-likeness (QED) is 0.0222. The fourth-order valence-corrected chi connectivity index (χ4v) is 14.5. The molecule has 0 aromatic rings. The first-order valence-electron chi connectivity index (χ1n) is 43.2. The molecule has 0 aliphatic heterocycles. The molecule has 0 aliphatic rings. The van der Waals surface area contributed by atoms with E-state index < -0.39 is 97.5 Å². The van der Waals surface area contributed by atoms with Crippen LogP contribution in [0.3, 0.4) is 0 Å². The minimum Gasteiger partial charge on any atom is -0.462 e. The van der Waals surface area contributed by atoms with Crippen molar-refractivity contribution in [3.63, 3.8) is 0 Å². The lowest BCUT2D eigenvalue weighted by Gasteiger charge is -2.21. The molecule has 0 amide bonds. The van der Waals surface area contributed by atoms with Crippen LogP contribution in [0.15, 0.2) is 0 Å². The molecule has 0 spiro atoms. The van der Waals surface area contributed by atoms with Crippen molar-refractivity contribution in [1.29, 1.82) is 0 Å². The third-order valence-corrected chi connectivity index (χ3v) is 21.8. The Balaban J connectivity index is 5.22. The molecule has 0 aromatic heterocycles. The zero-order valence-corrected chi connectivity index (χ0v) is 69.7. The molecule has 0 radical (unpaired) electrons. The highest BCUT2D eigenvalue weighted by Gasteiger charge is 2.30. The van der Waals surface area contributed by atoms with Crippen molar-refractivity contribution in [2.45, 2.75) is 453 Å². The first-order valence-corrected chi connectivity index (χ1v) is 46.2. The maximum Gasteiger partial charge on any atom is 0.472 e. The smallest absolute Gasteiger partial charge is 0.462 e. The van der Waals surface area contributed by atoms with Crippen LogP contribution in [0.25, 0.3) is 0 Å². The van der Waals surface area contributed by atoms with Crippen LogP contribution >= 0.6 is 15.6 Å². The highest BCUT2D eigenvalue weighted by Crippen LogP contribution is 2.45. The first-order chi connectivity index (χ1) is 49.6. The van der Waals surface area contributed by atoms with Gasteiger partial charge in [0, 0.05) is 25.7 Å². The Morgan fingerprint density at radius 2 is 0.466 bits per heavy atom. The van der Waals surface area contributed by atoms with Crippen molar-refractivity contribution in [1.82, 2.24) is 0 Å². The number of aliphatic hydroxyl groups is 1. The number of hydrogen-bond acceptors (Lipinski definition) is 15. The van der Waals surface area contributed by atoms with E-state index in [4.69, 9.17) is 37.0 Å². The maximum absolute atomic E-state index is 13.1. The van der Waals surface area contributed by atoms with E-state index in [-0.39, 0.29) is 25.7 Å². The predicted octanol–water partition coefficient (Wildman–Crippen LogP) is 25.2. The van der Waals surface area contributed by atoms with E-state index in [1.165, 1.54) is 231 Å². The summed E-state index contributed by atoms with van der Waals surface area (Å²) >= 11 is 0. The number of unbranched alkanes of at least 4 members (excludes halogenated alkanes) is 46. The lowest BCUT2D eigenvalue weighted by Crippen LogP contribution is -2.30. The minimum absolute atomic E-state index is 0.107. The lowest BCUT2D eigenvalue weighted by atomic mass is 9.99. The summed E-state index contributed by atoms with van der Waals surface area (Å²) in [5.74, 6) is 1.03. The fourth-order valence-electron chi connectivity index (χ4n) is 12.9. The Hall–Kier alpha value is -1.94. The molecular weight excluding hydrogens is 1340 g/mol. The molecule has 103 heavy (non-hydrogen) atoms. The van der Waals surface area contributed by atoms with Crippen LogP contribution in [0, 0.1) is 23.7 Å². The molecule has 0 saturated carbocycles. The summed E-state index contributed by atoms with van der Waals surface area (Å²) in [6.07, 6.45) is 61.1. The van der Waals surface area contributed by atoms with E-state index in [1.54, 1.807) is 0 Å². The van der Waals surface area contributed by atoms with Crippen molar-refractivity contribution in [3.8, 4) is 0 Å². The van der Waals surface area contributed by atoms with Gasteiger partial charge in [-0.25, -0.2) is 9.13 Å². The van der Waals surface area contributed by atoms with E-state index >= 15 is 0 Å². The van der Waals surface area contributed by atoms with Gasteiger partial charge in [-0.15, -0.1) is 0 Å². The van der Waals surface area contributed by atoms with Gasteiger partial charge in [-0.2, -0.15) is 0 Å². The third-order valence-electron chi connectivity index (χ3n) is 19.9. The largest absolute Gasteiger partial charge is 0.472 e. The van der Waals surface area contributed by atoms with E-state index in [0.29, 0.717) is 31.6 Å². The maximum atomic E-state index is 13.1. The Bertz CT molecular complexity index is 2010. The molecule has 6 atom stereocenters. The van der Waals surface area contributed by atoms with Crippen LogP contribution in [-0.2, 0) is 65.4 Å². The number of aliphatic hydroxyl groups excluding tert-OH is 1. The molecule has 0 bridgehead atoms. The van der Waals surface area contributed by atoms with E-state index in [9.17, 15) is 43.2 Å². The minimum atomic E-state index is -4.96. The highest BCUT2D eigenvalue weighted by atomic mass is 31.2. The van der Waals surface area contributed by atoms with Gasteiger partial charge in [-0.1, -0.05) is 383 Å². The Kier molecular flexibility index (Phi) is 71.5. The molecule has 0 fully saturated rings. The van der Waals surface area contributed by atoms with Crippen LogP contribution in [0.2, 0.25) is 0 Å². The van der Waals surface area contributed by atoms with Crippen LogP contribution in [0.4, 0.5) is 0 Å². The summed E-state index contributed by atoms with van der Waals surface area (Å²) in [5.41, 5.74) is 0. The summed E-state index contributed by atoms with van der Waals surface area (Å²) in [7, 11) is -9.93. The first kappa shape index (κ1) is 101. The van der Waals surface area contributed by atoms with Crippen molar-refractivity contribution in [2.75, 3.05) is 39.6 Å². The molecular formula is C84H164O17P2. The SMILES string of the molecule is CCC(C)CCCCCCCCCCCCC(=O)OC[C@H](COP(=O)(O)OCC(O)COP(=O)(O)OC[C@@H](COC(=O)CCCCCCCCCC(C)C)OC(=O)CCCCCCCCCCCCCCCCCC(C)C)OC(=O)CCCCCCCCCCCCCCCCCCCCC(C)C. The summed E-state index contributed by atoms with van der Waals surface area (Å²) in [6, 6.07) is 0. The molecule has 19 heteroatoms. The van der Waals surface area contributed by atoms with Gasteiger partial charge in [0.1, 0.15) is 19.3 Å². The van der Waals surface area contributed by atoms with Crippen LogP contribution < -0.4 is 0 Å². The average Bonchev–Trinajstić information content (AvgIpc) is 0.936. The van der Waals surface area contributed by atoms with Crippen LogP contribution in [-0.4, -0.2) is 96.7 Å². The number of hydrogen-bond donors (Lipinski definition) is 3. The number of carbonyl (C=O) groups is 4. The molecule has 0 heterocycles. The number of rotatable bonds is 81. The fraction of sp³-hybridized carbons (Fsp3) is 0.952. The van der Waals surface area contributed by atoms with Gasteiger partial charge >= 0.3 is 39.5 Å². The molecule has 0 rings (SSSR count). The van der Waals surface area contributed by atoms with Gasteiger partial charge in [-0.3, -0.25) is 37.3 Å². The molecule has 0 aromatic carbocycles. The summed E-state index contributed by atoms with van der Waals surface area (Å²) < 4.78 is 68.8. The topological polar surface area (TPSA) is 237 Å². The van der Waals surface area contributed by atoms with E-state index in [1.807, 2.05) is 0 Å². The summed E-state index contributed by atoms with van der Waals surface area (Å²) in [4.78, 5) is 73.1. The molecule has 612 valence electrons. The van der Waals surface area contributed by atoms with Crippen molar-refractivity contribution >= 4 is 39.5 Å². The zero-order valence-electron chi connectivity index (χ0n) is 68.0. The van der Waals surface area contributed by atoms with Crippen molar-refractivity contribution in [3.05, 3.63) is 0 Å². The Morgan fingerprint density at radius 1 is 0.272 bits per heavy atom. The second kappa shape index (κ2) is 72.9. The van der Waals surface area contributed by atoms with E-state index in [2.05, 4.69) is 55.4 Å². The normalized spacial score (nSPS) is 14.2. The number of phosphoric acid groups is 2. The van der Waals surface area contributed by atoms with Crippen LogP contribution in [0.5, 0.6) is 0 Å². The summed E-state index contributed by atoms with van der Waals surface area (Å²) in [5, 5.41) is 10.7. The molecule has 0 aliphatic carbocycles. The molecule has 0 saturated heterocycles. The van der Waals surface area contributed by atoms with Gasteiger partial charge in [-0.05, 0) is 49.4 Å². The van der Waals surface area contributed by atoms with Crippen molar-refractivity contribution < 1.29 is 80.2 Å². The number of esters is 4. The Labute approximate surface area is 632 Å².